The number of alkyl halides is 1. The molecule has 0 unspecified atom stereocenters. The first-order valence-corrected chi connectivity index (χ1v) is 5.17. The van der Waals surface area contributed by atoms with E-state index in [-0.39, 0.29) is 5.91 Å². The second-order valence-electron chi connectivity index (χ2n) is 2.85. The van der Waals surface area contributed by atoms with Gasteiger partial charge in [-0.2, -0.15) is 0 Å². The molecule has 0 aliphatic rings. The van der Waals surface area contributed by atoms with E-state index in [2.05, 4.69) is 12.2 Å². The van der Waals surface area contributed by atoms with Crippen LogP contribution < -0.4 is 5.32 Å². The first-order chi connectivity index (χ1) is 5.81. The Morgan fingerprint density at radius 3 is 2.67 bits per heavy atom. The normalized spacial score (nSPS) is 9.83. The predicted molar refractivity (Wildman–Crippen MR) is 52.5 cm³/mol. The highest BCUT2D eigenvalue weighted by molar-refractivity contribution is 6.17. The molecule has 1 N–H and O–H groups in total. The molecular weight excluding hydrogens is 174 g/mol. The summed E-state index contributed by atoms with van der Waals surface area (Å²) in [6, 6.07) is 0. The van der Waals surface area contributed by atoms with E-state index < -0.39 is 0 Å². The Labute approximate surface area is 79.7 Å². The van der Waals surface area contributed by atoms with Crippen molar-refractivity contribution < 1.29 is 4.79 Å². The van der Waals surface area contributed by atoms with E-state index in [1.165, 1.54) is 0 Å². The maximum atomic E-state index is 11.0. The Balaban J connectivity index is 3.10. The number of halogens is 1. The Bertz CT molecular complexity index is 105. The molecular formula is C9H18ClNO. The van der Waals surface area contributed by atoms with E-state index in [0.717, 1.165) is 25.7 Å². The molecule has 0 atom stereocenters. The molecule has 0 aliphatic heterocycles. The molecule has 0 fully saturated rings. The number of hydrogen-bond donors (Lipinski definition) is 1. The van der Waals surface area contributed by atoms with Gasteiger partial charge in [0.2, 0.25) is 5.91 Å². The Hall–Kier alpha value is -0.240. The topological polar surface area (TPSA) is 29.1 Å². The lowest BCUT2D eigenvalue weighted by Gasteiger charge is -2.02. The van der Waals surface area contributed by atoms with Crippen LogP contribution in [0.5, 0.6) is 0 Å². The number of carbonyl (C=O) groups excluding carboxylic acids is 1. The molecule has 12 heavy (non-hydrogen) atoms. The van der Waals surface area contributed by atoms with E-state index in [9.17, 15) is 4.79 Å². The van der Waals surface area contributed by atoms with Crippen LogP contribution in [0.15, 0.2) is 0 Å². The molecule has 0 aliphatic carbocycles. The number of carbonyl (C=O) groups is 1. The summed E-state index contributed by atoms with van der Waals surface area (Å²) < 4.78 is 0. The van der Waals surface area contributed by atoms with Gasteiger partial charge >= 0.3 is 0 Å². The highest BCUT2D eigenvalue weighted by Gasteiger charge is 1.98. The van der Waals surface area contributed by atoms with Gasteiger partial charge in [0.15, 0.2) is 0 Å². The minimum Gasteiger partial charge on any atom is -0.356 e. The summed E-state index contributed by atoms with van der Waals surface area (Å²) in [5.41, 5.74) is 0. The summed E-state index contributed by atoms with van der Waals surface area (Å²) in [5, 5.41) is 2.82. The van der Waals surface area contributed by atoms with Crippen LogP contribution >= 0.6 is 11.6 Å². The molecule has 0 aromatic carbocycles. The quantitative estimate of drug-likeness (QED) is 0.486. The van der Waals surface area contributed by atoms with Crippen molar-refractivity contribution in [1.82, 2.24) is 5.32 Å². The molecule has 0 heterocycles. The molecule has 1 amide bonds. The lowest BCUT2D eigenvalue weighted by Crippen LogP contribution is -2.24. The zero-order chi connectivity index (χ0) is 9.23. The van der Waals surface area contributed by atoms with E-state index in [0.29, 0.717) is 18.8 Å². The minimum atomic E-state index is 0.161. The van der Waals surface area contributed by atoms with Gasteiger partial charge in [-0.15, -0.1) is 11.6 Å². The second kappa shape index (κ2) is 8.85. The van der Waals surface area contributed by atoms with E-state index in [1.807, 2.05) is 0 Å². The van der Waals surface area contributed by atoms with Crippen molar-refractivity contribution in [2.75, 3.05) is 12.4 Å². The van der Waals surface area contributed by atoms with Crippen LogP contribution in [0.2, 0.25) is 0 Å². The number of rotatable bonds is 7. The van der Waals surface area contributed by atoms with Gasteiger partial charge < -0.3 is 5.32 Å². The number of nitrogens with one attached hydrogen (secondary N) is 1. The lowest BCUT2D eigenvalue weighted by atomic mass is 10.2. The fourth-order valence-electron chi connectivity index (χ4n) is 0.919. The summed E-state index contributed by atoms with van der Waals surface area (Å²) >= 11 is 5.46. The lowest BCUT2D eigenvalue weighted by molar-refractivity contribution is -0.121. The first kappa shape index (κ1) is 11.8. The van der Waals surface area contributed by atoms with Gasteiger partial charge in [0.05, 0.1) is 0 Å². The molecule has 72 valence electrons. The molecule has 0 rings (SSSR count). The van der Waals surface area contributed by atoms with Gasteiger partial charge in [0, 0.05) is 18.8 Å². The third-order valence-corrected chi connectivity index (χ3v) is 1.91. The molecule has 0 spiro atoms. The van der Waals surface area contributed by atoms with Crippen molar-refractivity contribution in [1.29, 1.82) is 0 Å². The van der Waals surface area contributed by atoms with Crippen LogP contribution in [-0.4, -0.2) is 18.3 Å². The van der Waals surface area contributed by atoms with Gasteiger partial charge in [-0.05, 0) is 12.8 Å². The van der Waals surface area contributed by atoms with Crippen molar-refractivity contribution in [2.24, 2.45) is 0 Å². The van der Waals surface area contributed by atoms with Crippen molar-refractivity contribution in [3.63, 3.8) is 0 Å². The largest absolute Gasteiger partial charge is 0.356 e. The molecule has 2 nitrogen and oxygen atoms in total. The van der Waals surface area contributed by atoms with Gasteiger partial charge in [0.25, 0.3) is 0 Å². The molecule has 0 aromatic rings. The molecule has 0 bridgehead atoms. The molecule has 0 saturated heterocycles. The van der Waals surface area contributed by atoms with Crippen molar-refractivity contribution in [3.8, 4) is 0 Å². The molecule has 3 heteroatoms. The Kier molecular flexibility index (Phi) is 8.68. The van der Waals surface area contributed by atoms with Crippen LogP contribution in [0, 0.1) is 0 Å². The smallest absolute Gasteiger partial charge is 0.219 e. The van der Waals surface area contributed by atoms with Crippen molar-refractivity contribution in [2.45, 2.75) is 39.0 Å². The standard InChI is InChI=1S/C9H18ClNO/c1-2-3-4-6-9(12)11-8-5-7-10/h2-8H2,1H3,(H,11,12). The fourth-order valence-corrected chi connectivity index (χ4v) is 1.05. The second-order valence-corrected chi connectivity index (χ2v) is 3.23. The minimum absolute atomic E-state index is 0.161. The summed E-state index contributed by atoms with van der Waals surface area (Å²) in [4.78, 5) is 11.0. The Morgan fingerprint density at radius 1 is 1.33 bits per heavy atom. The third kappa shape index (κ3) is 7.86. The summed E-state index contributed by atoms with van der Waals surface area (Å²) in [6.07, 6.45) is 4.83. The Morgan fingerprint density at radius 2 is 2.08 bits per heavy atom. The number of hydrogen-bond acceptors (Lipinski definition) is 1. The first-order valence-electron chi connectivity index (χ1n) is 4.64. The molecule has 0 radical (unpaired) electrons. The monoisotopic (exact) mass is 191 g/mol. The van der Waals surface area contributed by atoms with Crippen LogP contribution in [-0.2, 0) is 4.79 Å². The predicted octanol–water partition coefficient (Wildman–Crippen LogP) is 2.31. The number of unbranched alkanes of at least 4 members (excludes halogenated alkanes) is 2. The van der Waals surface area contributed by atoms with Gasteiger partial charge in [0.1, 0.15) is 0 Å². The summed E-state index contributed by atoms with van der Waals surface area (Å²) in [6.45, 7) is 2.85. The third-order valence-electron chi connectivity index (χ3n) is 1.64. The zero-order valence-corrected chi connectivity index (χ0v) is 8.49. The summed E-state index contributed by atoms with van der Waals surface area (Å²) in [5.74, 6) is 0.781. The van der Waals surface area contributed by atoms with Crippen molar-refractivity contribution in [3.05, 3.63) is 0 Å². The van der Waals surface area contributed by atoms with Crippen LogP contribution in [0.3, 0.4) is 0 Å². The highest BCUT2D eigenvalue weighted by atomic mass is 35.5. The van der Waals surface area contributed by atoms with E-state index in [4.69, 9.17) is 11.6 Å². The summed E-state index contributed by atoms with van der Waals surface area (Å²) in [7, 11) is 0. The van der Waals surface area contributed by atoms with Crippen LogP contribution in [0.1, 0.15) is 39.0 Å². The molecule has 0 saturated carbocycles. The average molecular weight is 192 g/mol. The van der Waals surface area contributed by atoms with E-state index >= 15 is 0 Å². The zero-order valence-electron chi connectivity index (χ0n) is 7.74. The van der Waals surface area contributed by atoms with Crippen LogP contribution in [0.4, 0.5) is 0 Å². The maximum absolute atomic E-state index is 11.0. The highest BCUT2D eigenvalue weighted by Crippen LogP contribution is 1.98. The number of amides is 1. The van der Waals surface area contributed by atoms with Gasteiger partial charge in [-0.1, -0.05) is 19.8 Å². The van der Waals surface area contributed by atoms with Crippen molar-refractivity contribution >= 4 is 17.5 Å². The molecule has 0 aromatic heterocycles. The van der Waals surface area contributed by atoms with E-state index in [1.54, 1.807) is 0 Å². The van der Waals surface area contributed by atoms with Crippen LogP contribution in [0.25, 0.3) is 0 Å². The fraction of sp³-hybridized carbons (Fsp3) is 0.889. The van der Waals surface area contributed by atoms with Gasteiger partial charge in [-0.3, -0.25) is 4.79 Å². The SMILES string of the molecule is CCCCCC(=O)NCCCCl. The maximum Gasteiger partial charge on any atom is 0.219 e. The average Bonchev–Trinajstić information content (AvgIpc) is 2.06. The van der Waals surface area contributed by atoms with Gasteiger partial charge in [-0.25, -0.2) is 0 Å².